The van der Waals surface area contributed by atoms with Crippen LogP contribution in [0.4, 0.5) is 0 Å². The fourth-order valence-electron chi connectivity index (χ4n) is 3.79. The monoisotopic (exact) mass is 468 g/mol. The normalized spacial score (nSPS) is 17.2. The summed E-state index contributed by atoms with van der Waals surface area (Å²) in [6.45, 7) is 2.00. The van der Waals surface area contributed by atoms with Crippen LogP contribution in [0.25, 0.3) is 5.76 Å². The zero-order valence-corrected chi connectivity index (χ0v) is 19.8. The molecule has 1 aliphatic heterocycles. The Labute approximate surface area is 198 Å². The smallest absolute Gasteiger partial charge is 0.308 e. The van der Waals surface area contributed by atoms with Crippen molar-refractivity contribution in [2.75, 3.05) is 41.4 Å². The van der Waals surface area contributed by atoms with E-state index < -0.39 is 23.7 Å². The number of hydrogen-bond acceptors (Lipinski definition) is 8. The minimum atomic E-state index is -0.897. The Morgan fingerprint density at radius 2 is 1.79 bits per heavy atom. The average Bonchev–Trinajstić information content (AvgIpc) is 3.06. The number of amides is 1. The SMILES string of the molecule is COc1cccc(/C(O)=C2/C(=O)C(=O)N(CCN(C)C)C2c2ccc(OC)c(OC(C)=O)c2)c1. The predicted octanol–water partition coefficient (Wildman–Crippen LogP) is 2.61. The van der Waals surface area contributed by atoms with Gasteiger partial charge in [0.15, 0.2) is 11.5 Å². The molecule has 1 fully saturated rings. The average molecular weight is 469 g/mol. The van der Waals surface area contributed by atoms with E-state index in [1.165, 1.54) is 32.1 Å². The number of carbonyl (C=O) groups is 3. The van der Waals surface area contributed by atoms with E-state index >= 15 is 0 Å². The zero-order chi connectivity index (χ0) is 25.0. The van der Waals surface area contributed by atoms with E-state index in [1.54, 1.807) is 36.4 Å². The molecular weight excluding hydrogens is 440 g/mol. The molecule has 1 aliphatic rings. The maximum absolute atomic E-state index is 13.1. The molecule has 0 spiro atoms. The number of methoxy groups -OCH3 is 2. The molecule has 1 unspecified atom stereocenters. The summed E-state index contributed by atoms with van der Waals surface area (Å²) in [6, 6.07) is 10.5. The van der Waals surface area contributed by atoms with E-state index in [4.69, 9.17) is 14.2 Å². The first-order valence-corrected chi connectivity index (χ1v) is 10.6. The van der Waals surface area contributed by atoms with Gasteiger partial charge in [-0.3, -0.25) is 14.4 Å². The lowest BCUT2D eigenvalue weighted by Gasteiger charge is -2.27. The standard InChI is InChI=1S/C25H28N2O7/c1-15(28)34-20-14-16(9-10-19(20)33-5)22-21(23(29)17-7-6-8-18(13-17)32-4)24(30)25(31)27(22)12-11-26(2)3/h6-10,13-14,22,29H,11-12H2,1-5H3/b23-21-. The number of hydrogen-bond donors (Lipinski definition) is 1. The molecule has 3 rings (SSSR count). The molecule has 0 aliphatic carbocycles. The number of benzene rings is 2. The van der Waals surface area contributed by atoms with E-state index in [2.05, 4.69) is 0 Å². The number of ether oxygens (including phenoxy) is 3. The lowest BCUT2D eigenvalue weighted by Crippen LogP contribution is -2.35. The fraction of sp³-hybridized carbons (Fsp3) is 0.320. The number of likely N-dealkylation sites (N-methyl/N-ethyl adjacent to an activating group) is 1. The Balaban J connectivity index is 2.20. The van der Waals surface area contributed by atoms with Crippen LogP contribution >= 0.6 is 0 Å². The van der Waals surface area contributed by atoms with Gasteiger partial charge in [-0.05, 0) is 43.9 Å². The highest BCUT2D eigenvalue weighted by Gasteiger charge is 2.46. The molecule has 34 heavy (non-hydrogen) atoms. The van der Waals surface area contributed by atoms with Crippen molar-refractivity contribution in [2.45, 2.75) is 13.0 Å². The van der Waals surface area contributed by atoms with Crippen LogP contribution in [-0.4, -0.2) is 74.0 Å². The van der Waals surface area contributed by atoms with Gasteiger partial charge < -0.3 is 29.1 Å². The molecule has 1 atom stereocenters. The number of nitrogens with zero attached hydrogens (tertiary/aromatic N) is 2. The Morgan fingerprint density at radius 3 is 2.41 bits per heavy atom. The van der Waals surface area contributed by atoms with Crippen LogP contribution in [0, 0.1) is 0 Å². The van der Waals surface area contributed by atoms with Crippen LogP contribution in [0.3, 0.4) is 0 Å². The van der Waals surface area contributed by atoms with Crippen molar-refractivity contribution in [3.63, 3.8) is 0 Å². The van der Waals surface area contributed by atoms with Gasteiger partial charge in [0.2, 0.25) is 0 Å². The first-order valence-electron chi connectivity index (χ1n) is 10.6. The Bertz CT molecular complexity index is 1140. The van der Waals surface area contributed by atoms with Crippen molar-refractivity contribution in [1.82, 2.24) is 9.80 Å². The molecule has 2 aromatic carbocycles. The Morgan fingerprint density at radius 1 is 1.06 bits per heavy atom. The zero-order valence-electron chi connectivity index (χ0n) is 19.8. The maximum atomic E-state index is 13.1. The number of aliphatic hydroxyl groups is 1. The van der Waals surface area contributed by atoms with Gasteiger partial charge in [0.1, 0.15) is 11.5 Å². The first-order chi connectivity index (χ1) is 16.2. The van der Waals surface area contributed by atoms with Crippen LogP contribution in [0.15, 0.2) is 48.0 Å². The lowest BCUT2D eigenvalue weighted by atomic mass is 9.95. The number of carbonyl (C=O) groups excluding carboxylic acids is 3. The van der Waals surface area contributed by atoms with E-state index in [0.29, 0.717) is 29.2 Å². The number of Topliss-reactive ketones (excluding diaryl/α,β-unsaturated/α-hetero) is 1. The number of aliphatic hydroxyl groups excluding tert-OH is 1. The van der Waals surface area contributed by atoms with Gasteiger partial charge in [-0.2, -0.15) is 0 Å². The third kappa shape index (κ3) is 5.04. The summed E-state index contributed by atoms with van der Waals surface area (Å²) in [5.74, 6) is -1.43. The summed E-state index contributed by atoms with van der Waals surface area (Å²) in [7, 11) is 6.64. The van der Waals surface area contributed by atoms with Gasteiger partial charge in [0.05, 0.1) is 25.8 Å². The van der Waals surface area contributed by atoms with Gasteiger partial charge in [0, 0.05) is 25.6 Å². The van der Waals surface area contributed by atoms with Crippen LogP contribution < -0.4 is 14.2 Å². The van der Waals surface area contributed by atoms with Crippen molar-refractivity contribution >= 4 is 23.4 Å². The molecule has 0 saturated carbocycles. The lowest BCUT2D eigenvalue weighted by molar-refractivity contribution is -0.140. The Kier molecular flexibility index (Phi) is 7.57. The van der Waals surface area contributed by atoms with Crippen LogP contribution in [-0.2, 0) is 14.4 Å². The molecular formula is C25H28N2O7. The maximum Gasteiger partial charge on any atom is 0.308 e. The molecule has 0 bridgehead atoms. The summed E-state index contributed by atoms with van der Waals surface area (Å²) in [5.41, 5.74) is 0.763. The van der Waals surface area contributed by atoms with Crippen molar-refractivity contribution in [3.8, 4) is 17.2 Å². The summed E-state index contributed by atoms with van der Waals surface area (Å²) in [4.78, 5) is 41.1. The molecule has 1 heterocycles. The van der Waals surface area contributed by atoms with Crippen LogP contribution in [0.2, 0.25) is 0 Å². The van der Waals surface area contributed by atoms with Gasteiger partial charge in [0.25, 0.3) is 11.7 Å². The molecule has 1 amide bonds. The second-order valence-corrected chi connectivity index (χ2v) is 8.03. The largest absolute Gasteiger partial charge is 0.507 e. The topological polar surface area (TPSA) is 106 Å². The summed E-state index contributed by atoms with van der Waals surface area (Å²) in [6.07, 6.45) is 0. The Hall–Kier alpha value is -3.85. The minimum absolute atomic E-state index is 0.0593. The molecule has 180 valence electrons. The van der Waals surface area contributed by atoms with Crippen molar-refractivity contribution in [1.29, 1.82) is 0 Å². The van der Waals surface area contributed by atoms with Crippen LogP contribution in [0.1, 0.15) is 24.1 Å². The highest BCUT2D eigenvalue weighted by Crippen LogP contribution is 2.42. The first kappa shape index (κ1) is 24.8. The van der Waals surface area contributed by atoms with Gasteiger partial charge in [-0.15, -0.1) is 0 Å². The predicted molar refractivity (Wildman–Crippen MR) is 125 cm³/mol. The highest BCUT2D eigenvalue weighted by molar-refractivity contribution is 6.46. The van der Waals surface area contributed by atoms with E-state index in [-0.39, 0.29) is 23.6 Å². The molecule has 0 radical (unpaired) electrons. The van der Waals surface area contributed by atoms with Crippen molar-refractivity contribution in [3.05, 3.63) is 59.2 Å². The van der Waals surface area contributed by atoms with Gasteiger partial charge >= 0.3 is 5.97 Å². The van der Waals surface area contributed by atoms with E-state index in [1.807, 2.05) is 19.0 Å². The molecule has 1 saturated heterocycles. The fourth-order valence-corrected chi connectivity index (χ4v) is 3.79. The minimum Gasteiger partial charge on any atom is -0.507 e. The van der Waals surface area contributed by atoms with Gasteiger partial charge in [-0.25, -0.2) is 0 Å². The van der Waals surface area contributed by atoms with E-state index in [9.17, 15) is 19.5 Å². The summed E-state index contributed by atoms with van der Waals surface area (Å²) in [5, 5.41) is 11.2. The van der Waals surface area contributed by atoms with Crippen LogP contribution in [0.5, 0.6) is 17.2 Å². The second kappa shape index (κ2) is 10.4. The van der Waals surface area contributed by atoms with Gasteiger partial charge in [-0.1, -0.05) is 18.2 Å². The second-order valence-electron chi connectivity index (χ2n) is 8.03. The number of esters is 1. The summed E-state index contributed by atoms with van der Waals surface area (Å²) < 4.78 is 15.8. The highest BCUT2D eigenvalue weighted by atomic mass is 16.6. The third-order valence-corrected chi connectivity index (χ3v) is 5.43. The molecule has 9 nitrogen and oxygen atoms in total. The molecule has 9 heteroatoms. The molecule has 2 aromatic rings. The third-order valence-electron chi connectivity index (χ3n) is 5.43. The number of ketones is 1. The quantitative estimate of drug-likeness (QED) is 0.207. The molecule has 0 aromatic heterocycles. The molecule has 1 N–H and O–H groups in total. The summed E-state index contributed by atoms with van der Waals surface area (Å²) >= 11 is 0. The number of likely N-dealkylation sites (tertiary alicyclic amines) is 1. The van der Waals surface area contributed by atoms with Crippen molar-refractivity contribution < 1.29 is 33.7 Å². The van der Waals surface area contributed by atoms with Crippen molar-refractivity contribution in [2.24, 2.45) is 0 Å². The number of rotatable bonds is 8. The van der Waals surface area contributed by atoms with E-state index in [0.717, 1.165) is 0 Å².